The van der Waals surface area contributed by atoms with Gasteiger partial charge in [0.05, 0.1) is 5.02 Å². The van der Waals surface area contributed by atoms with Gasteiger partial charge in [0.2, 0.25) is 0 Å². The number of nitrogens with one attached hydrogen (secondary N) is 3. The molecule has 5 N–H and O–H groups in total. The molecule has 2 aromatic heterocycles. The molecule has 1 aliphatic heterocycles. The molecular formula is C15H16Cl3N7O2. The van der Waals surface area contributed by atoms with Crippen molar-refractivity contribution in [2.45, 2.75) is 31.3 Å². The van der Waals surface area contributed by atoms with Gasteiger partial charge in [0.25, 0.3) is 11.5 Å². The highest BCUT2D eigenvalue weighted by atomic mass is 35.5. The van der Waals surface area contributed by atoms with E-state index in [9.17, 15) is 9.59 Å². The maximum absolute atomic E-state index is 12.9. The van der Waals surface area contributed by atoms with Gasteiger partial charge in [-0.05, 0) is 31.7 Å². The fourth-order valence-electron chi connectivity index (χ4n) is 3.32. The van der Waals surface area contributed by atoms with Crippen molar-refractivity contribution in [3.8, 4) is 0 Å². The van der Waals surface area contributed by atoms with Crippen LogP contribution in [0.4, 0.5) is 17.3 Å². The number of pyridine rings is 1. The number of aromatic nitrogens is 3. The summed E-state index contributed by atoms with van der Waals surface area (Å²) in [6.45, 7) is 0. The van der Waals surface area contributed by atoms with E-state index in [0.29, 0.717) is 0 Å². The number of rotatable bonds is 2. The third-order valence-electron chi connectivity index (χ3n) is 4.57. The molecule has 9 nitrogen and oxygen atoms in total. The molecule has 27 heavy (non-hydrogen) atoms. The van der Waals surface area contributed by atoms with Gasteiger partial charge < -0.3 is 16.4 Å². The minimum atomic E-state index is -0.632. The maximum atomic E-state index is 12.9. The Morgan fingerprint density at radius 1 is 1.22 bits per heavy atom. The molecule has 0 radical (unpaired) electrons. The number of hydrogen-bond acceptors (Lipinski definition) is 7. The summed E-state index contributed by atoms with van der Waals surface area (Å²) in [4.78, 5) is 33.2. The van der Waals surface area contributed by atoms with Crippen LogP contribution >= 0.6 is 35.6 Å². The summed E-state index contributed by atoms with van der Waals surface area (Å²) in [5, 5.41) is 5.94. The smallest absolute Gasteiger partial charge is 0.293 e. The standard InChI is InChI=1S/C15H15Cl2N7O2.ClH/c16-7-5-8(21-12-9(17)11(18)19-6-20-12)14(26)24-10(7)13(25)22-15(23-24)3-1-2-4-15;/h5-6,23H,1-4H2,(H,22,25)(H3,18,19,20,21);1H. The number of halogens is 3. The van der Waals surface area contributed by atoms with Crippen molar-refractivity contribution in [2.24, 2.45) is 0 Å². The predicted molar refractivity (Wildman–Crippen MR) is 106 cm³/mol. The van der Waals surface area contributed by atoms with Crippen molar-refractivity contribution in [1.29, 1.82) is 0 Å². The number of anilines is 3. The number of fused-ring (bicyclic) bond motifs is 1. The molecule has 1 saturated carbocycles. The monoisotopic (exact) mass is 431 g/mol. The molecule has 0 saturated heterocycles. The van der Waals surface area contributed by atoms with Gasteiger partial charge in [-0.1, -0.05) is 23.2 Å². The maximum Gasteiger partial charge on any atom is 0.293 e. The molecule has 1 amide bonds. The molecule has 2 aromatic rings. The Morgan fingerprint density at radius 3 is 2.63 bits per heavy atom. The van der Waals surface area contributed by atoms with Gasteiger partial charge >= 0.3 is 0 Å². The molecule has 144 valence electrons. The third-order valence-corrected chi connectivity index (χ3v) is 5.24. The highest BCUT2D eigenvalue weighted by Gasteiger charge is 2.41. The van der Waals surface area contributed by atoms with Crippen LogP contribution in [0.15, 0.2) is 17.2 Å². The van der Waals surface area contributed by atoms with Crippen molar-refractivity contribution < 1.29 is 4.79 Å². The zero-order chi connectivity index (χ0) is 18.5. The number of amides is 1. The van der Waals surface area contributed by atoms with Crippen LogP contribution in [0.5, 0.6) is 0 Å². The summed E-state index contributed by atoms with van der Waals surface area (Å²) in [6.07, 6.45) is 4.60. The van der Waals surface area contributed by atoms with E-state index < -0.39 is 11.2 Å². The van der Waals surface area contributed by atoms with Crippen molar-refractivity contribution in [1.82, 2.24) is 20.0 Å². The van der Waals surface area contributed by atoms with Crippen LogP contribution in [-0.2, 0) is 0 Å². The van der Waals surface area contributed by atoms with Gasteiger partial charge in [-0.3, -0.25) is 15.0 Å². The Balaban J connectivity index is 0.00000210. The van der Waals surface area contributed by atoms with Gasteiger partial charge in [-0.15, -0.1) is 12.4 Å². The van der Waals surface area contributed by atoms with E-state index in [4.69, 9.17) is 28.9 Å². The van der Waals surface area contributed by atoms with E-state index in [2.05, 4.69) is 26.0 Å². The van der Waals surface area contributed by atoms with Crippen LogP contribution < -0.4 is 27.4 Å². The van der Waals surface area contributed by atoms with E-state index in [0.717, 1.165) is 25.7 Å². The van der Waals surface area contributed by atoms with Crippen LogP contribution in [0.3, 0.4) is 0 Å². The summed E-state index contributed by atoms with van der Waals surface area (Å²) in [7, 11) is 0. The van der Waals surface area contributed by atoms with Crippen LogP contribution in [0.2, 0.25) is 10.0 Å². The largest absolute Gasteiger partial charge is 0.382 e. The molecule has 1 fully saturated rings. The first-order valence-corrected chi connectivity index (χ1v) is 8.75. The second-order valence-electron chi connectivity index (χ2n) is 6.30. The molecule has 0 atom stereocenters. The molecule has 0 bridgehead atoms. The molecule has 2 aliphatic rings. The fraction of sp³-hybridized carbons (Fsp3) is 0.333. The van der Waals surface area contributed by atoms with Gasteiger partial charge in [0.15, 0.2) is 5.82 Å². The molecular weight excluding hydrogens is 417 g/mol. The number of nitrogens with zero attached hydrogens (tertiary/aromatic N) is 3. The highest BCUT2D eigenvalue weighted by Crippen LogP contribution is 2.33. The number of hydrogen-bond donors (Lipinski definition) is 4. The predicted octanol–water partition coefficient (Wildman–Crippen LogP) is 2.25. The summed E-state index contributed by atoms with van der Waals surface area (Å²) < 4.78 is 1.19. The zero-order valence-corrected chi connectivity index (χ0v) is 16.2. The second-order valence-corrected chi connectivity index (χ2v) is 7.08. The molecule has 3 heterocycles. The molecule has 12 heteroatoms. The van der Waals surface area contributed by atoms with E-state index in [1.54, 1.807) is 0 Å². The lowest BCUT2D eigenvalue weighted by atomic mass is 10.1. The molecule has 1 aliphatic carbocycles. The molecule has 1 spiro atoms. The Kier molecular flexibility index (Phi) is 5.11. The second kappa shape index (κ2) is 7.06. The number of nitrogens with two attached hydrogens (primary N) is 1. The van der Waals surface area contributed by atoms with Crippen LogP contribution in [-0.4, -0.2) is 26.2 Å². The lowest BCUT2D eigenvalue weighted by molar-refractivity contribution is 0.0869. The average Bonchev–Trinajstić information content (AvgIpc) is 3.03. The minimum absolute atomic E-state index is 0. The van der Waals surface area contributed by atoms with Crippen LogP contribution in [0.25, 0.3) is 0 Å². The van der Waals surface area contributed by atoms with E-state index in [1.807, 2.05) is 0 Å². The van der Waals surface area contributed by atoms with Gasteiger partial charge in [-0.25, -0.2) is 14.6 Å². The molecule has 0 aromatic carbocycles. The summed E-state index contributed by atoms with van der Waals surface area (Å²) in [6, 6.07) is 1.36. The quantitative estimate of drug-likeness (QED) is 0.573. The van der Waals surface area contributed by atoms with E-state index in [1.165, 1.54) is 17.1 Å². The van der Waals surface area contributed by atoms with Crippen LogP contribution in [0.1, 0.15) is 36.2 Å². The van der Waals surface area contributed by atoms with Gasteiger partial charge in [-0.2, -0.15) is 0 Å². The number of carbonyl (C=O) groups is 1. The normalized spacial score (nSPS) is 16.9. The van der Waals surface area contributed by atoms with Crippen LogP contribution in [0, 0.1) is 0 Å². The summed E-state index contributed by atoms with van der Waals surface area (Å²) >= 11 is 12.3. The van der Waals surface area contributed by atoms with Gasteiger partial charge in [0, 0.05) is 0 Å². The van der Waals surface area contributed by atoms with Crippen molar-refractivity contribution in [3.63, 3.8) is 0 Å². The minimum Gasteiger partial charge on any atom is -0.382 e. The van der Waals surface area contributed by atoms with Crippen molar-refractivity contribution >= 4 is 58.8 Å². The topological polar surface area (TPSA) is 127 Å². The lowest BCUT2D eigenvalue weighted by Crippen LogP contribution is -2.62. The Bertz CT molecular complexity index is 973. The SMILES string of the molecule is Cl.Nc1ncnc(Nc2cc(Cl)c3n(c2=O)NC2(CCCC2)NC3=O)c1Cl. The fourth-order valence-corrected chi connectivity index (χ4v) is 3.75. The van der Waals surface area contributed by atoms with E-state index >= 15 is 0 Å². The van der Waals surface area contributed by atoms with Gasteiger partial charge in [0.1, 0.15) is 34.2 Å². The first-order chi connectivity index (χ1) is 12.4. The Hall–Kier alpha value is -2.23. The van der Waals surface area contributed by atoms with E-state index in [-0.39, 0.29) is 51.4 Å². The Morgan fingerprint density at radius 2 is 1.93 bits per heavy atom. The lowest BCUT2D eigenvalue weighted by Gasteiger charge is -2.38. The zero-order valence-electron chi connectivity index (χ0n) is 13.9. The average molecular weight is 433 g/mol. The summed E-state index contributed by atoms with van der Waals surface area (Å²) in [5.74, 6) is -0.136. The first-order valence-electron chi connectivity index (χ1n) is 7.99. The van der Waals surface area contributed by atoms with Crippen molar-refractivity contribution in [2.75, 3.05) is 16.5 Å². The highest BCUT2D eigenvalue weighted by molar-refractivity contribution is 6.35. The first kappa shape index (κ1) is 19.5. The third kappa shape index (κ3) is 3.26. The summed E-state index contributed by atoms with van der Waals surface area (Å²) in [5.41, 5.74) is 7.84. The molecule has 0 unspecified atom stereocenters. The Labute approximate surface area is 170 Å². The number of nitrogen functional groups attached to an aromatic ring is 1. The molecule has 4 rings (SSSR count). The van der Waals surface area contributed by atoms with Crippen molar-refractivity contribution in [3.05, 3.63) is 38.5 Å². The number of carbonyl (C=O) groups excluding carboxylic acids is 1.